The van der Waals surface area contributed by atoms with Crippen LogP contribution < -0.4 is 4.74 Å². The first-order valence-corrected chi connectivity index (χ1v) is 7.04. The van der Waals surface area contributed by atoms with Crippen molar-refractivity contribution in [3.63, 3.8) is 0 Å². The molecule has 1 aromatic rings. The van der Waals surface area contributed by atoms with Crippen LogP contribution in [0.3, 0.4) is 0 Å². The van der Waals surface area contributed by atoms with Crippen molar-refractivity contribution in [1.82, 2.24) is 0 Å². The van der Waals surface area contributed by atoms with Crippen LogP contribution in [0.5, 0.6) is 5.75 Å². The van der Waals surface area contributed by atoms with Gasteiger partial charge in [0.2, 0.25) is 0 Å². The molecule has 0 heterocycles. The minimum absolute atomic E-state index is 0.338. The van der Waals surface area contributed by atoms with Crippen LogP contribution >= 0.6 is 15.9 Å². The third-order valence-electron chi connectivity index (χ3n) is 2.02. The van der Waals surface area contributed by atoms with Gasteiger partial charge in [-0.15, -0.1) is 0 Å². The van der Waals surface area contributed by atoms with E-state index in [-0.39, 0.29) is 4.75 Å². The molecule has 0 amide bonds. The Morgan fingerprint density at radius 1 is 1.41 bits per heavy atom. The lowest BCUT2D eigenvalue weighted by Gasteiger charge is -2.12. The molecule has 0 aromatic heterocycles. The van der Waals surface area contributed by atoms with Crippen LogP contribution in [0.15, 0.2) is 27.1 Å². The van der Waals surface area contributed by atoms with Gasteiger partial charge in [0.15, 0.2) is 0 Å². The predicted molar refractivity (Wildman–Crippen MR) is 76.2 cm³/mol. The normalized spacial score (nSPS) is 13.9. The molecule has 0 aliphatic carbocycles. The molecule has 1 aromatic carbocycles. The van der Waals surface area contributed by atoms with E-state index in [4.69, 9.17) is 4.74 Å². The van der Waals surface area contributed by atoms with E-state index in [1.807, 2.05) is 39.0 Å². The van der Waals surface area contributed by atoms with Gasteiger partial charge in [-0.05, 0) is 54.9 Å². The monoisotopic (exact) mass is 317 g/mol. The second kappa shape index (κ2) is 5.78. The summed E-state index contributed by atoms with van der Waals surface area (Å²) >= 11 is 3.42. The van der Waals surface area contributed by atoms with Crippen LogP contribution in [-0.2, 0) is 11.0 Å². The zero-order valence-corrected chi connectivity index (χ0v) is 12.8. The fourth-order valence-electron chi connectivity index (χ4n) is 1.00. The van der Waals surface area contributed by atoms with E-state index < -0.39 is 11.0 Å². The highest BCUT2D eigenvalue weighted by atomic mass is 79.9. The molecule has 0 aliphatic rings. The third kappa shape index (κ3) is 4.24. The Labute approximate surface area is 113 Å². The molecular formula is C12H16BrNO2S. The summed E-state index contributed by atoms with van der Waals surface area (Å²) in [6, 6.07) is 5.56. The Kier molecular flexibility index (Phi) is 4.89. The summed E-state index contributed by atoms with van der Waals surface area (Å²) in [5.41, 5.74) is 0.878. The van der Waals surface area contributed by atoms with Gasteiger partial charge in [-0.25, -0.2) is 4.21 Å². The highest BCUT2D eigenvalue weighted by molar-refractivity contribution is 9.10. The number of ether oxygens (including phenoxy) is 1. The zero-order valence-electron chi connectivity index (χ0n) is 10.4. The second-order valence-electron chi connectivity index (χ2n) is 4.48. The van der Waals surface area contributed by atoms with Gasteiger partial charge < -0.3 is 4.74 Å². The van der Waals surface area contributed by atoms with E-state index in [9.17, 15) is 4.21 Å². The highest BCUT2D eigenvalue weighted by Gasteiger charge is 2.18. The number of methoxy groups -OCH3 is 1. The Hall–Kier alpha value is -0.680. The number of hydrogen-bond acceptors (Lipinski definition) is 2. The van der Waals surface area contributed by atoms with E-state index in [0.717, 1.165) is 15.8 Å². The predicted octanol–water partition coefficient (Wildman–Crippen LogP) is 3.34. The summed E-state index contributed by atoms with van der Waals surface area (Å²) in [5, 5.41) is 0. The summed E-state index contributed by atoms with van der Waals surface area (Å²) < 4.78 is 21.4. The van der Waals surface area contributed by atoms with E-state index in [2.05, 4.69) is 20.3 Å². The molecule has 0 radical (unpaired) electrons. The first kappa shape index (κ1) is 14.4. The molecule has 0 saturated carbocycles. The Balaban J connectivity index is 2.89. The van der Waals surface area contributed by atoms with Crippen LogP contribution in [0, 0.1) is 0 Å². The molecule has 0 bridgehead atoms. The minimum atomic E-state index is -1.24. The van der Waals surface area contributed by atoms with Gasteiger partial charge in [0.25, 0.3) is 0 Å². The van der Waals surface area contributed by atoms with Crippen LogP contribution in [0.25, 0.3) is 0 Å². The molecule has 0 unspecified atom stereocenters. The van der Waals surface area contributed by atoms with Crippen LogP contribution in [0.4, 0.5) is 0 Å². The average molecular weight is 318 g/mol. The van der Waals surface area contributed by atoms with E-state index >= 15 is 0 Å². The van der Waals surface area contributed by atoms with Gasteiger partial charge in [-0.3, -0.25) is 0 Å². The molecule has 1 atom stereocenters. The highest BCUT2D eigenvalue weighted by Crippen LogP contribution is 2.22. The lowest BCUT2D eigenvalue weighted by Crippen LogP contribution is -2.19. The molecule has 0 saturated heterocycles. The van der Waals surface area contributed by atoms with Crippen molar-refractivity contribution in [2.75, 3.05) is 7.11 Å². The molecular weight excluding hydrogens is 302 g/mol. The lowest BCUT2D eigenvalue weighted by atomic mass is 10.2. The SMILES string of the molecule is COc1ccc(C=N[S@](=O)C(C)(C)C)c(Br)c1. The van der Waals surface area contributed by atoms with Gasteiger partial charge in [-0.2, -0.15) is 4.40 Å². The Morgan fingerprint density at radius 3 is 2.53 bits per heavy atom. The molecule has 0 aliphatic heterocycles. The smallest absolute Gasteiger partial charge is 0.144 e. The fourth-order valence-corrected chi connectivity index (χ4v) is 1.99. The van der Waals surface area contributed by atoms with Crippen molar-refractivity contribution in [2.24, 2.45) is 4.40 Å². The molecule has 17 heavy (non-hydrogen) atoms. The summed E-state index contributed by atoms with van der Waals surface area (Å²) in [6.45, 7) is 5.68. The van der Waals surface area contributed by atoms with Crippen molar-refractivity contribution < 1.29 is 8.95 Å². The van der Waals surface area contributed by atoms with Crippen LogP contribution in [-0.4, -0.2) is 22.3 Å². The topological polar surface area (TPSA) is 38.7 Å². The molecule has 1 rings (SSSR count). The number of nitrogens with zero attached hydrogens (tertiary/aromatic N) is 1. The Bertz CT molecular complexity index is 452. The summed E-state index contributed by atoms with van der Waals surface area (Å²) in [4.78, 5) is 0. The van der Waals surface area contributed by atoms with Crippen molar-refractivity contribution in [2.45, 2.75) is 25.5 Å². The first-order valence-electron chi connectivity index (χ1n) is 5.14. The molecule has 94 valence electrons. The van der Waals surface area contributed by atoms with Gasteiger partial charge in [-0.1, -0.05) is 0 Å². The zero-order chi connectivity index (χ0) is 13.1. The lowest BCUT2D eigenvalue weighted by molar-refractivity contribution is 0.414. The first-order chi connectivity index (χ1) is 7.84. The van der Waals surface area contributed by atoms with Crippen molar-refractivity contribution in [1.29, 1.82) is 0 Å². The maximum Gasteiger partial charge on any atom is 0.144 e. The minimum Gasteiger partial charge on any atom is -0.497 e. The third-order valence-corrected chi connectivity index (χ3v) is 4.05. The van der Waals surface area contributed by atoms with Gasteiger partial charge >= 0.3 is 0 Å². The van der Waals surface area contributed by atoms with E-state index in [0.29, 0.717) is 0 Å². The Morgan fingerprint density at radius 2 is 2.06 bits per heavy atom. The number of hydrogen-bond donors (Lipinski definition) is 0. The van der Waals surface area contributed by atoms with Crippen LogP contribution in [0.2, 0.25) is 0 Å². The summed E-state index contributed by atoms with van der Waals surface area (Å²) in [7, 11) is 0.379. The molecule has 0 fully saturated rings. The maximum absolute atomic E-state index is 11.7. The van der Waals surface area contributed by atoms with Crippen molar-refractivity contribution in [3.05, 3.63) is 28.2 Å². The largest absolute Gasteiger partial charge is 0.497 e. The fraction of sp³-hybridized carbons (Fsp3) is 0.417. The number of benzene rings is 1. The van der Waals surface area contributed by atoms with Crippen molar-refractivity contribution in [3.8, 4) is 5.75 Å². The summed E-state index contributed by atoms with van der Waals surface area (Å²) in [5.74, 6) is 0.769. The summed E-state index contributed by atoms with van der Waals surface area (Å²) in [6.07, 6.45) is 1.62. The van der Waals surface area contributed by atoms with Crippen molar-refractivity contribution >= 4 is 33.1 Å². The van der Waals surface area contributed by atoms with E-state index in [1.54, 1.807) is 13.3 Å². The quantitative estimate of drug-likeness (QED) is 0.802. The second-order valence-corrected chi connectivity index (χ2v) is 7.27. The maximum atomic E-state index is 11.7. The van der Waals surface area contributed by atoms with Gasteiger partial charge in [0.05, 0.1) is 11.9 Å². The average Bonchev–Trinajstić information content (AvgIpc) is 2.25. The number of halogens is 1. The van der Waals surface area contributed by atoms with Crippen LogP contribution in [0.1, 0.15) is 26.3 Å². The molecule has 0 N–H and O–H groups in total. The molecule has 0 spiro atoms. The number of rotatable bonds is 3. The van der Waals surface area contributed by atoms with E-state index in [1.165, 1.54) is 0 Å². The van der Waals surface area contributed by atoms with Gasteiger partial charge in [0, 0.05) is 16.3 Å². The molecule has 5 heteroatoms. The molecule has 3 nitrogen and oxygen atoms in total. The van der Waals surface area contributed by atoms with Gasteiger partial charge in [0.1, 0.15) is 16.7 Å². The standard InChI is InChI=1S/C12H16BrNO2S/c1-12(2,3)17(15)14-8-9-5-6-10(16-4)7-11(9)13/h5-8H,1-4H3/t17-/m1/s1.